The van der Waals surface area contributed by atoms with Gasteiger partial charge in [0.25, 0.3) is 0 Å². The maximum Gasteiger partial charge on any atom is 0.420 e. The Morgan fingerprint density at radius 1 is 1.53 bits per heavy atom. The molecule has 0 fully saturated rings. The van der Waals surface area contributed by atoms with Gasteiger partial charge in [-0.25, -0.2) is 14.3 Å². The van der Waals surface area contributed by atoms with Crippen molar-refractivity contribution in [1.29, 1.82) is 5.26 Å². The molecule has 0 aromatic carbocycles. The summed E-state index contributed by atoms with van der Waals surface area (Å²) in [5, 5.41) is 9.63. The van der Waals surface area contributed by atoms with Crippen LogP contribution in [-0.4, -0.2) is 21.2 Å². The number of ether oxygens (including phenoxy) is 1. The van der Waals surface area contributed by atoms with E-state index in [1.807, 2.05) is 26.8 Å². The Balaban J connectivity index is 2.52. The van der Waals surface area contributed by atoms with Crippen LogP contribution in [0.15, 0.2) is 18.5 Å². The van der Waals surface area contributed by atoms with Crippen molar-refractivity contribution in [3.05, 3.63) is 27.6 Å². The monoisotopic (exact) mass is 369 g/mol. The normalized spacial score (nSPS) is 11.3. The summed E-state index contributed by atoms with van der Waals surface area (Å²) >= 11 is 2.10. The van der Waals surface area contributed by atoms with Crippen LogP contribution >= 0.6 is 22.6 Å². The molecule has 6 heteroatoms. The molecule has 0 unspecified atom stereocenters. The van der Waals surface area contributed by atoms with Crippen LogP contribution in [0.4, 0.5) is 4.79 Å². The summed E-state index contributed by atoms with van der Waals surface area (Å²) in [6.45, 7) is 5.42. The van der Waals surface area contributed by atoms with Gasteiger partial charge in [0.05, 0.1) is 5.56 Å². The molecule has 0 saturated heterocycles. The van der Waals surface area contributed by atoms with Crippen LogP contribution in [0.3, 0.4) is 0 Å². The number of rotatable bonds is 0. The van der Waals surface area contributed by atoms with E-state index in [9.17, 15) is 4.79 Å². The van der Waals surface area contributed by atoms with E-state index < -0.39 is 11.7 Å². The number of halogens is 1. The first-order valence-electron chi connectivity index (χ1n) is 5.62. The topological polar surface area (TPSA) is 67.9 Å². The van der Waals surface area contributed by atoms with Crippen LogP contribution in [0.1, 0.15) is 26.3 Å². The quantitative estimate of drug-likeness (QED) is 0.669. The number of fused-ring (bicyclic) bond motifs is 1. The fourth-order valence-electron chi connectivity index (χ4n) is 1.58. The Hall–Kier alpha value is -1.62. The van der Waals surface area contributed by atoms with Gasteiger partial charge in [-0.05, 0) is 49.4 Å². The van der Waals surface area contributed by atoms with Crippen molar-refractivity contribution >= 4 is 39.7 Å². The summed E-state index contributed by atoms with van der Waals surface area (Å²) in [6, 6.07) is 3.75. The fourth-order valence-corrected chi connectivity index (χ4v) is 2.26. The second-order valence-corrected chi connectivity index (χ2v) is 6.20. The minimum atomic E-state index is -0.564. The van der Waals surface area contributed by atoms with E-state index in [4.69, 9.17) is 10.00 Å². The third-order valence-electron chi connectivity index (χ3n) is 2.31. The van der Waals surface area contributed by atoms with Gasteiger partial charge in [-0.15, -0.1) is 0 Å². The molecule has 19 heavy (non-hydrogen) atoms. The molecular weight excluding hydrogens is 357 g/mol. The van der Waals surface area contributed by atoms with E-state index in [-0.39, 0.29) is 0 Å². The number of carbonyl (C=O) groups excluding carboxylic acids is 1. The van der Waals surface area contributed by atoms with Crippen LogP contribution in [0, 0.1) is 14.9 Å². The summed E-state index contributed by atoms with van der Waals surface area (Å²) in [6.07, 6.45) is 2.63. The van der Waals surface area contributed by atoms with Crippen molar-refractivity contribution in [2.75, 3.05) is 0 Å². The number of nitrogens with zero attached hydrogens (tertiary/aromatic N) is 3. The first kappa shape index (κ1) is 13.8. The third-order valence-corrected chi connectivity index (χ3v) is 3.17. The average molecular weight is 369 g/mol. The third kappa shape index (κ3) is 2.87. The summed E-state index contributed by atoms with van der Waals surface area (Å²) in [4.78, 5) is 16.2. The number of pyridine rings is 1. The van der Waals surface area contributed by atoms with Crippen LogP contribution in [0.5, 0.6) is 0 Å². The highest BCUT2D eigenvalue weighted by atomic mass is 127. The maximum absolute atomic E-state index is 12.1. The van der Waals surface area contributed by atoms with Crippen molar-refractivity contribution in [2.45, 2.75) is 26.4 Å². The van der Waals surface area contributed by atoms with Crippen molar-refractivity contribution < 1.29 is 9.53 Å². The van der Waals surface area contributed by atoms with Gasteiger partial charge in [-0.3, -0.25) is 0 Å². The lowest BCUT2D eigenvalue weighted by Gasteiger charge is -2.19. The molecule has 0 bridgehead atoms. The highest BCUT2D eigenvalue weighted by molar-refractivity contribution is 14.1. The molecule has 2 aromatic heterocycles. The predicted molar refractivity (Wildman–Crippen MR) is 78.8 cm³/mol. The molecule has 0 N–H and O–H groups in total. The molecule has 0 aliphatic heterocycles. The Kier molecular flexibility index (Phi) is 3.49. The van der Waals surface area contributed by atoms with Crippen LogP contribution in [0.25, 0.3) is 11.0 Å². The molecule has 2 heterocycles. The van der Waals surface area contributed by atoms with Crippen molar-refractivity contribution in [2.24, 2.45) is 0 Å². The highest BCUT2D eigenvalue weighted by Gasteiger charge is 2.21. The largest absolute Gasteiger partial charge is 0.443 e. The summed E-state index contributed by atoms with van der Waals surface area (Å²) < 4.78 is 7.53. The standard InChI is InChI=1S/C13H12IN3O2/c1-13(2,3)19-12(18)17-7-10(14)9-4-8(5-15)6-16-11(9)17/h4,6-7H,1-3H3. The molecule has 0 radical (unpaired) electrons. The first-order valence-corrected chi connectivity index (χ1v) is 6.70. The van der Waals surface area contributed by atoms with Crippen molar-refractivity contribution in [3.8, 4) is 6.07 Å². The molecule has 0 aliphatic carbocycles. The van der Waals surface area contributed by atoms with Crippen LogP contribution in [0.2, 0.25) is 0 Å². The molecule has 0 atom stereocenters. The van der Waals surface area contributed by atoms with E-state index in [1.54, 1.807) is 12.3 Å². The molecule has 0 aliphatic rings. The SMILES string of the molecule is CC(C)(C)OC(=O)n1cc(I)c2cc(C#N)cnc21. The number of nitriles is 1. The lowest BCUT2D eigenvalue weighted by Crippen LogP contribution is -2.26. The zero-order chi connectivity index (χ0) is 14.2. The summed E-state index contributed by atoms with van der Waals surface area (Å²) in [5.41, 5.74) is 0.399. The Morgan fingerprint density at radius 2 is 2.21 bits per heavy atom. The molecular formula is C13H12IN3O2. The minimum Gasteiger partial charge on any atom is -0.443 e. The van der Waals surface area contributed by atoms with Gasteiger partial charge in [0, 0.05) is 21.4 Å². The Bertz CT molecular complexity index is 692. The molecule has 0 spiro atoms. The van der Waals surface area contributed by atoms with E-state index in [1.165, 1.54) is 10.8 Å². The summed E-state index contributed by atoms with van der Waals surface area (Å²) in [5.74, 6) is 0. The van der Waals surface area contributed by atoms with Crippen molar-refractivity contribution in [1.82, 2.24) is 9.55 Å². The number of hydrogen-bond acceptors (Lipinski definition) is 4. The van der Waals surface area contributed by atoms with Gasteiger partial charge in [0.15, 0.2) is 5.65 Å². The molecule has 2 aromatic rings. The van der Waals surface area contributed by atoms with Gasteiger partial charge in [0.1, 0.15) is 11.7 Å². The van der Waals surface area contributed by atoms with E-state index >= 15 is 0 Å². The lowest BCUT2D eigenvalue weighted by molar-refractivity contribution is 0.0543. The minimum absolute atomic E-state index is 0.465. The van der Waals surface area contributed by atoms with Gasteiger partial charge in [0.2, 0.25) is 0 Å². The van der Waals surface area contributed by atoms with Gasteiger partial charge >= 0.3 is 6.09 Å². The van der Waals surface area contributed by atoms with Gasteiger partial charge < -0.3 is 4.74 Å². The second-order valence-electron chi connectivity index (χ2n) is 5.03. The molecule has 0 amide bonds. The van der Waals surface area contributed by atoms with Crippen molar-refractivity contribution in [3.63, 3.8) is 0 Å². The Morgan fingerprint density at radius 3 is 2.79 bits per heavy atom. The van der Waals surface area contributed by atoms with E-state index in [0.29, 0.717) is 11.2 Å². The summed E-state index contributed by atoms with van der Waals surface area (Å²) in [7, 11) is 0. The van der Waals surface area contributed by atoms with Gasteiger partial charge in [-0.1, -0.05) is 0 Å². The average Bonchev–Trinajstić information content (AvgIpc) is 2.64. The number of hydrogen-bond donors (Lipinski definition) is 0. The maximum atomic E-state index is 12.1. The van der Waals surface area contributed by atoms with E-state index in [2.05, 4.69) is 27.6 Å². The highest BCUT2D eigenvalue weighted by Crippen LogP contribution is 2.23. The zero-order valence-electron chi connectivity index (χ0n) is 10.8. The predicted octanol–water partition coefficient (Wildman–Crippen LogP) is 3.30. The zero-order valence-corrected chi connectivity index (χ0v) is 12.9. The lowest BCUT2D eigenvalue weighted by atomic mass is 10.2. The molecule has 2 rings (SSSR count). The van der Waals surface area contributed by atoms with Crippen LogP contribution < -0.4 is 0 Å². The van der Waals surface area contributed by atoms with E-state index in [0.717, 1.165) is 8.96 Å². The smallest absolute Gasteiger partial charge is 0.420 e. The number of carbonyl (C=O) groups is 1. The number of aromatic nitrogens is 2. The molecule has 98 valence electrons. The Labute approximate surface area is 124 Å². The van der Waals surface area contributed by atoms with Crippen LogP contribution in [-0.2, 0) is 4.74 Å². The second kappa shape index (κ2) is 4.81. The molecule has 0 saturated carbocycles. The molecule has 5 nitrogen and oxygen atoms in total. The first-order chi connectivity index (χ1) is 8.81. The van der Waals surface area contributed by atoms with Gasteiger partial charge in [-0.2, -0.15) is 5.26 Å². The fraction of sp³-hybridized carbons (Fsp3) is 0.308.